The van der Waals surface area contributed by atoms with Crippen LogP contribution in [0.3, 0.4) is 0 Å². The first-order valence-electron chi connectivity index (χ1n) is 8.53. The lowest BCUT2D eigenvalue weighted by Gasteiger charge is -2.27. The Kier molecular flexibility index (Phi) is 7.83. The highest BCUT2D eigenvalue weighted by Crippen LogP contribution is 2.38. The summed E-state index contributed by atoms with van der Waals surface area (Å²) in [6, 6.07) is 3.98. The maximum absolute atomic E-state index is 10.8. The third-order valence-corrected chi connectivity index (χ3v) is 4.37. The summed E-state index contributed by atoms with van der Waals surface area (Å²) in [5, 5.41) is 8.86. The summed E-state index contributed by atoms with van der Waals surface area (Å²) < 4.78 is 10.9. The van der Waals surface area contributed by atoms with E-state index in [0.29, 0.717) is 17.1 Å². The van der Waals surface area contributed by atoms with Crippen molar-refractivity contribution in [3.05, 3.63) is 29.3 Å². The Bertz CT molecular complexity index is 548. The summed E-state index contributed by atoms with van der Waals surface area (Å²) in [5.41, 5.74) is 1.79. The van der Waals surface area contributed by atoms with Gasteiger partial charge in [-0.15, -0.1) is 0 Å². The Morgan fingerprint density at radius 1 is 1.12 bits per heavy atom. The zero-order valence-corrected chi connectivity index (χ0v) is 15.5. The van der Waals surface area contributed by atoms with Crippen molar-refractivity contribution in [3.8, 4) is 11.5 Å². The van der Waals surface area contributed by atoms with Crippen molar-refractivity contribution in [1.29, 1.82) is 0 Å². The fourth-order valence-electron chi connectivity index (χ4n) is 2.79. The van der Waals surface area contributed by atoms with Crippen LogP contribution in [0.25, 0.3) is 6.08 Å². The van der Waals surface area contributed by atoms with Crippen molar-refractivity contribution in [2.45, 2.75) is 58.3 Å². The van der Waals surface area contributed by atoms with Crippen LogP contribution in [0.1, 0.15) is 64.0 Å². The number of carboxylic acid groups (broad SMARTS) is 1. The largest absolute Gasteiger partial charge is 0.496 e. The summed E-state index contributed by atoms with van der Waals surface area (Å²) >= 11 is 0. The first-order chi connectivity index (χ1) is 11.4. The smallest absolute Gasteiger partial charge is 0.328 e. The van der Waals surface area contributed by atoms with Crippen molar-refractivity contribution < 1.29 is 19.4 Å². The minimum Gasteiger partial charge on any atom is -0.496 e. The predicted octanol–water partition coefficient (Wildman–Crippen LogP) is 5.05. The lowest BCUT2D eigenvalue weighted by Crippen LogP contribution is -2.17. The van der Waals surface area contributed by atoms with Crippen LogP contribution in [0.15, 0.2) is 18.2 Å². The molecule has 1 aromatic rings. The van der Waals surface area contributed by atoms with Gasteiger partial charge in [-0.3, -0.25) is 0 Å². The number of carbonyl (C=O) groups is 1. The first-order valence-corrected chi connectivity index (χ1v) is 8.53. The molecule has 0 spiro atoms. The number of aliphatic carboxylic acids is 1. The lowest BCUT2D eigenvalue weighted by atomic mass is 9.79. The van der Waals surface area contributed by atoms with E-state index in [9.17, 15) is 4.79 Å². The van der Waals surface area contributed by atoms with E-state index in [1.165, 1.54) is 31.8 Å². The summed E-state index contributed by atoms with van der Waals surface area (Å²) in [6.45, 7) is 6.66. The Labute approximate surface area is 145 Å². The second-order valence-electron chi connectivity index (χ2n) is 6.66. The SMILES string of the molecule is CCCCCCC(C)(C)c1cc(OC)c(C=CC(=O)O)c(OC)c1. The molecule has 0 aliphatic heterocycles. The molecule has 1 N–H and O–H groups in total. The monoisotopic (exact) mass is 334 g/mol. The third-order valence-electron chi connectivity index (χ3n) is 4.37. The van der Waals surface area contributed by atoms with Crippen molar-refractivity contribution in [2.24, 2.45) is 0 Å². The van der Waals surface area contributed by atoms with Gasteiger partial charge in [-0.1, -0.05) is 46.5 Å². The maximum Gasteiger partial charge on any atom is 0.328 e. The van der Waals surface area contributed by atoms with Gasteiger partial charge in [-0.2, -0.15) is 0 Å². The Balaban J connectivity index is 3.14. The fourth-order valence-corrected chi connectivity index (χ4v) is 2.79. The molecule has 0 radical (unpaired) electrons. The molecule has 1 aromatic carbocycles. The van der Waals surface area contributed by atoms with E-state index in [-0.39, 0.29) is 5.41 Å². The van der Waals surface area contributed by atoms with Crippen LogP contribution >= 0.6 is 0 Å². The summed E-state index contributed by atoms with van der Waals surface area (Å²) in [6.07, 6.45) is 8.62. The summed E-state index contributed by atoms with van der Waals surface area (Å²) in [7, 11) is 3.18. The molecule has 0 amide bonds. The minimum absolute atomic E-state index is 0.00332. The van der Waals surface area contributed by atoms with Gasteiger partial charge in [0, 0.05) is 6.08 Å². The van der Waals surface area contributed by atoms with E-state index in [1.807, 2.05) is 12.1 Å². The van der Waals surface area contributed by atoms with Crippen LogP contribution in [0.4, 0.5) is 0 Å². The van der Waals surface area contributed by atoms with Crippen LogP contribution in [-0.4, -0.2) is 25.3 Å². The minimum atomic E-state index is -1.00. The Morgan fingerprint density at radius 3 is 2.17 bits per heavy atom. The van der Waals surface area contributed by atoms with Gasteiger partial charge in [0.05, 0.1) is 19.8 Å². The van der Waals surface area contributed by atoms with Crippen molar-refractivity contribution >= 4 is 12.0 Å². The molecule has 0 unspecified atom stereocenters. The number of methoxy groups -OCH3 is 2. The topological polar surface area (TPSA) is 55.8 Å². The average molecular weight is 334 g/mol. The molecule has 0 heterocycles. The molecule has 0 saturated heterocycles. The van der Waals surface area contributed by atoms with Crippen LogP contribution in [-0.2, 0) is 10.2 Å². The van der Waals surface area contributed by atoms with Gasteiger partial charge >= 0.3 is 5.97 Å². The molecule has 134 valence electrons. The molecule has 1 rings (SSSR count). The highest BCUT2D eigenvalue weighted by Gasteiger charge is 2.23. The van der Waals surface area contributed by atoms with Crippen LogP contribution in [0.2, 0.25) is 0 Å². The van der Waals surface area contributed by atoms with Gasteiger partial charge < -0.3 is 14.6 Å². The van der Waals surface area contributed by atoms with Crippen molar-refractivity contribution in [2.75, 3.05) is 14.2 Å². The predicted molar refractivity (Wildman–Crippen MR) is 98.0 cm³/mol. The summed E-state index contributed by atoms with van der Waals surface area (Å²) in [4.78, 5) is 10.8. The Morgan fingerprint density at radius 2 is 1.71 bits per heavy atom. The van der Waals surface area contributed by atoms with Gasteiger partial charge in [-0.25, -0.2) is 4.79 Å². The highest BCUT2D eigenvalue weighted by molar-refractivity contribution is 5.86. The van der Waals surface area contributed by atoms with Gasteiger partial charge in [0.15, 0.2) is 0 Å². The molecule has 0 bridgehead atoms. The second kappa shape index (κ2) is 9.36. The molecule has 0 atom stereocenters. The van der Waals surface area contributed by atoms with Crippen molar-refractivity contribution in [3.63, 3.8) is 0 Å². The standard InChI is InChI=1S/C20H30O4/c1-6-7-8-9-12-20(2,3)15-13-17(23-4)16(10-11-19(21)22)18(14-15)24-5/h10-11,13-14H,6-9,12H2,1-5H3,(H,21,22). The molecule has 0 aliphatic rings. The van der Waals surface area contributed by atoms with Gasteiger partial charge in [0.1, 0.15) is 11.5 Å². The second-order valence-corrected chi connectivity index (χ2v) is 6.66. The molecular formula is C20H30O4. The zero-order valence-electron chi connectivity index (χ0n) is 15.5. The van der Waals surface area contributed by atoms with E-state index in [1.54, 1.807) is 14.2 Å². The molecule has 0 saturated carbocycles. The van der Waals surface area contributed by atoms with E-state index in [0.717, 1.165) is 18.1 Å². The number of carboxylic acids is 1. The summed E-state index contributed by atoms with van der Waals surface area (Å²) in [5.74, 6) is 0.256. The van der Waals surface area contributed by atoms with Crippen LogP contribution < -0.4 is 9.47 Å². The van der Waals surface area contributed by atoms with Gasteiger partial charge in [-0.05, 0) is 35.6 Å². The maximum atomic E-state index is 10.8. The van der Waals surface area contributed by atoms with Gasteiger partial charge in [0.2, 0.25) is 0 Å². The normalized spacial score (nSPS) is 11.7. The van der Waals surface area contributed by atoms with E-state index in [4.69, 9.17) is 14.6 Å². The number of benzene rings is 1. The van der Waals surface area contributed by atoms with Crippen LogP contribution in [0, 0.1) is 0 Å². The number of unbranched alkanes of at least 4 members (excludes halogenated alkanes) is 3. The highest BCUT2D eigenvalue weighted by atomic mass is 16.5. The van der Waals surface area contributed by atoms with Gasteiger partial charge in [0.25, 0.3) is 0 Å². The average Bonchev–Trinajstić information content (AvgIpc) is 2.55. The third kappa shape index (κ3) is 5.59. The molecule has 4 heteroatoms. The molecule has 0 aliphatic carbocycles. The van der Waals surface area contributed by atoms with Crippen molar-refractivity contribution in [1.82, 2.24) is 0 Å². The fraction of sp³-hybridized carbons (Fsp3) is 0.550. The molecule has 4 nitrogen and oxygen atoms in total. The molecular weight excluding hydrogens is 304 g/mol. The lowest BCUT2D eigenvalue weighted by molar-refractivity contribution is -0.131. The van der Waals surface area contributed by atoms with E-state index >= 15 is 0 Å². The quantitative estimate of drug-likeness (QED) is 0.480. The van der Waals surface area contributed by atoms with E-state index < -0.39 is 5.97 Å². The molecule has 0 aromatic heterocycles. The van der Waals surface area contributed by atoms with E-state index in [2.05, 4.69) is 20.8 Å². The number of ether oxygens (including phenoxy) is 2. The molecule has 24 heavy (non-hydrogen) atoms. The zero-order chi connectivity index (χ0) is 18.2. The number of hydrogen-bond donors (Lipinski definition) is 1. The number of rotatable bonds is 10. The molecule has 0 fully saturated rings. The Hall–Kier alpha value is -1.97. The first kappa shape index (κ1) is 20.1. The number of hydrogen-bond acceptors (Lipinski definition) is 3. The van der Waals surface area contributed by atoms with Crippen LogP contribution in [0.5, 0.6) is 11.5 Å².